The highest BCUT2D eigenvalue weighted by Gasteiger charge is 2.08. The lowest BCUT2D eigenvalue weighted by Crippen LogP contribution is -1.99. The van der Waals surface area contributed by atoms with Crippen molar-refractivity contribution in [2.24, 2.45) is 0 Å². The Morgan fingerprint density at radius 3 is 2.62 bits per heavy atom. The molecule has 0 heterocycles. The zero-order valence-electron chi connectivity index (χ0n) is 11.4. The molecule has 0 saturated heterocycles. The van der Waals surface area contributed by atoms with Gasteiger partial charge in [-0.2, -0.15) is 0 Å². The Labute approximate surface area is 132 Å². The molecule has 0 bridgehead atoms. The summed E-state index contributed by atoms with van der Waals surface area (Å²) in [6, 6.07) is 20.0. The summed E-state index contributed by atoms with van der Waals surface area (Å²) in [5.41, 5.74) is 1.92. The van der Waals surface area contributed by atoms with Crippen LogP contribution in [0.25, 0.3) is 10.8 Å². The Kier molecular flexibility index (Phi) is 4.23. The molecule has 0 spiro atoms. The molecule has 2 nitrogen and oxygen atoms in total. The van der Waals surface area contributed by atoms with Crippen LogP contribution in [-0.2, 0) is 13.2 Å². The van der Waals surface area contributed by atoms with Crippen molar-refractivity contribution in [2.45, 2.75) is 13.2 Å². The number of ether oxygens (including phenoxy) is 1. The van der Waals surface area contributed by atoms with E-state index >= 15 is 0 Å². The zero-order chi connectivity index (χ0) is 14.7. The predicted octanol–water partition coefficient (Wildman–Crippen LogP) is 4.67. The second-order valence-electron chi connectivity index (χ2n) is 4.84. The minimum absolute atomic E-state index is 0.0326. The Balaban J connectivity index is 1.90. The first-order valence-corrected chi connectivity index (χ1v) is 7.56. The fourth-order valence-corrected chi connectivity index (χ4v) is 2.85. The standard InChI is InChI=1S/C18H15BrO2/c19-15-6-3-4-13(10-15)12-21-18-9-8-14-5-1-2-7-16(14)17(18)11-20/h1-10,20H,11-12H2. The van der Waals surface area contributed by atoms with Crippen molar-refractivity contribution in [1.29, 1.82) is 0 Å². The molecule has 3 heteroatoms. The third-order valence-corrected chi connectivity index (χ3v) is 3.93. The first-order valence-electron chi connectivity index (χ1n) is 6.76. The third kappa shape index (κ3) is 3.09. The molecule has 0 aliphatic rings. The molecule has 3 aromatic carbocycles. The van der Waals surface area contributed by atoms with Crippen molar-refractivity contribution < 1.29 is 9.84 Å². The highest BCUT2D eigenvalue weighted by Crippen LogP contribution is 2.28. The number of halogens is 1. The third-order valence-electron chi connectivity index (χ3n) is 3.44. The van der Waals surface area contributed by atoms with Gasteiger partial charge in [-0.3, -0.25) is 0 Å². The van der Waals surface area contributed by atoms with Crippen LogP contribution in [-0.4, -0.2) is 5.11 Å². The van der Waals surface area contributed by atoms with Crippen LogP contribution in [0.4, 0.5) is 0 Å². The van der Waals surface area contributed by atoms with E-state index in [1.807, 2.05) is 60.7 Å². The molecule has 0 fully saturated rings. The van der Waals surface area contributed by atoms with Gasteiger partial charge in [-0.15, -0.1) is 0 Å². The van der Waals surface area contributed by atoms with E-state index in [-0.39, 0.29) is 6.61 Å². The van der Waals surface area contributed by atoms with Gasteiger partial charge >= 0.3 is 0 Å². The fourth-order valence-electron chi connectivity index (χ4n) is 2.40. The molecule has 21 heavy (non-hydrogen) atoms. The summed E-state index contributed by atoms with van der Waals surface area (Å²) in [5.74, 6) is 0.733. The molecular weight excluding hydrogens is 328 g/mol. The van der Waals surface area contributed by atoms with Gasteiger partial charge in [0.15, 0.2) is 0 Å². The minimum Gasteiger partial charge on any atom is -0.489 e. The van der Waals surface area contributed by atoms with E-state index in [0.29, 0.717) is 6.61 Å². The van der Waals surface area contributed by atoms with Crippen LogP contribution in [0.1, 0.15) is 11.1 Å². The van der Waals surface area contributed by atoms with Crippen LogP contribution < -0.4 is 4.74 Å². The molecule has 0 radical (unpaired) electrons. The maximum Gasteiger partial charge on any atom is 0.125 e. The molecule has 0 amide bonds. The van der Waals surface area contributed by atoms with Crippen molar-refractivity contribution in [3.63, 3.8) is 0 Å². The second-order valence-corrected chi connectivity index (χ2v) is 5.76. The number of aliphatic hydroxyl groups is 1. The van der Waals surface area contributed by atoms with Crippen LogP contribution in [0.5, 0.6) is 5.75 Å². The number of rotatable bonds is 4. The van der Waals surface area contributed by atoms with Gasteiger partial charge in [-0.1, -0.05) is 58.4 Å². The first kappa shape index (κ1) is 14.1. The molecule has 0 saturated carbocycles. The highest BCUT2D eigenvalue weighted by atomic mass is 79.9. The van der Waals surface area contributed by atoms with E-state index in [0.717, 1.165) is 32.1 Å². The molecule has 3 rings (SSSR count). The van der Waals surface area contributed by atoms with Crippen molar-refractivity contribution in [3.05, 3.63) is 76.3 Å². The Morgan fingerprint density at radius 2 is 1.81 bits per heavy atom. The summed E-state index contributed by atoms with van der Waals surface area (Å²) < 4.78 is 6.93. The van der Waals surface area contributed by atoms with Gasteiger partial charge in [-0.05, 0) is 34.5 Å². The van der Waals surface area contributed by atoms with Crippen LogP contribution >= 0.6 is 15.9 Å². The van der Waals surface area contributed by atoms with Gasteiger partial charge in [0.25, 0.3) is 0 Å². The Bertz CT molecular complexity index is 768. The van der Waals surface area contributed by atoms with Gasteiger partial charge in [0.05, 0.1) is 6.61 Å². The molecule has 0 aliphatic heterocycles. The van der Waals surface area contributed by atoms with E-state index in [1.54, 1.807) is 0 Å². The number of hydrogen-bond acceptors (Lipinski definition) is 2. The Morgan fingerprint density at radius 1 is 0.952 bits per heavy atom. The lowest BCUT2D eigenvalue weighted by atomic mass is 10.0. The quantitative estimate of drug-likeness (QED) is 0.746. The van der Waals surface area contributed by atoms with Gasteiger partial charge in [0.2, 0.25) is 0 Å². The monoisotopic (exact) mass is 342 g/mol. The van der Waals surface area contributed by atoms with Gasteiger partial charge in [-0.25, -0.2) is 0 Å². The molecule has 3 aromatic rings. The van der Waals surface area contributed by atoms with E-state index in [2.05, 4.69) is 15.9 Å². The van der Waals surface area contributed by atoms with E-state index in [9.17, 15) is 5.11 Å². The maximum atomic E-state index is 9.67. The van der Waals surface area contributed by atoms with Crippen molar-refractivity contribution in [2.75, 3.05) is 0 Å². The van der Waals surface area contributed by atoms with Crippen LogP contribution in [0.2, 0.25) is 0 Å². The largest absolute Gasteiger partial charge is 0.489 e. The number of aliphatic hydroxyl groups excluding tert-OH is 1. The summed E-state index contributed by atoms with van der Waals surface area (Å²) in [5, 5.41) is 11.8. The Hall–Kier alpha value is -1.84. The van der Waals surface area contributed by atoms with E-state index in [1.165, 1.54) is 0 Å². The summed E-state index contributed by atoms with van der Waals surface area (Å²) in [6.07, 6.45) is 0. The SMILES string of the molecule is OCc1c(OCc2cccc(Br)c2)ccc2ccccc12. The van der Waals surface area contributed by atoms with Crippen LogP contribution in [0.15, 0.2) is 65.1 Å². The molecule has 0 atom stereocenters. The average molecular weight is 343 g/mol. The molecule has 0 aliphatic carbocycles. The van der Waals surface area contributed by atoms with Crippen molar-refractivity contribution in [1.82, 2.24) is 0 Å². The number of hydrogen-bond donors (Lipinski definition) is 1. The van der Waals surface area contributed by atoms with Crippen molar-refractivity contribution >= 4 is 26.7 Å². The summed E-state index contributed by atoms with van der Waals surface area (Å²) in [7, 11) is 0. The topological polar surface area (TPSA) is 29.5 Å². The first-order chi connectivity index (χ1) is 10.3. The normalized spacial score (nSPS) is 10.8. The molecule has 0 unspecified atom stereocenters. The summed E-state index contributed by atoms with van der Waals surface area (Å²) in [6.45, 7) is 0.444. The lowest BCUT2D eigenvalue weighted by Gasteiger charge is -2.13. The minimum atomic E-state index is -0.0326. The van der Waals surface area contributed by atoms with Gasteiger partial charge in [0.1, 0.15) is 12.4 Å². The maximum absolute atomic E-state index is 9.67. The smallest absolute Gasteiger partial charge is 0.125 e. The molecular formula is C18H15BrO2. The molecule has 1 N–H and O–H groups in total. The van der Waals surface area contributed by atoms with E-state index < -0.39 is 0 Å². The number of benzene rings is 3. The fraction of sp³-hybridized carbons (Fsp3) is 0.111. The molecule has 106 valence electrons. The van der Waals surface area contributed by atoms with Crippen molar-refractivity contribution in [3.8, 4) is 5.75 Å². The lowest BCUT2D eigenvalue weighted by molar-refractivity contribution is 0.261. The van der Waals surface area contributed by atoms with E-state index in [4.69, 9.17) is 4.74 Å². The zero-order valence-corrected chi connectivity index (χ0v) is 13.0. The van der Waals surface area contributed by atoms with Crippen LogP contribution in [0, 0.1) is 0 Å². The van der Waals surface area contributed by atoms with Gasteiger partial charge in [0, 0.05) is 10.0 Å². The second kappa shape index (κ2) is 6.29. The number of fused-ring (bicyclic) bond motifs is 1. The van der Waals surface area contributed by atoms with Gasteiger partial charge < -0.3 is 9.84 Å². The predicted molar refractivity (Wildman–Crippen MR) is 88.3 cm³/mol. The highest BCUT2D eigenvalue weighted by molar-refractivity contribution is 9.10. The molecule has 0 aromatic heterocycles. The average Bonchev–Trinajstić information content (AvgIpc) is 2.52. The van der Waals surface area contributed by atoms with Crippen LogP contribution in [0.3, 0.4) is 0 Å². The summed E-state index contributed by atoms with van der Waals surface area (Å²) in [4.78, 5) is 0. The summed E-state index contributed by atoms with van der Waals surface area (Å²) >= 11 is 3.45.